The van der Waals surface area contributed by atoms with Crippen molar-refractivity contribution < 1.29 is 14.2 Å². The number of aliphatic imine (C=N–C) groups is 1. The molecule has 2 N–H and O–H groups in total. The number of pyridine rings is 1. The lowest BCUT2D eigenvalue weighted by molar-refractivity contribution is 0.342. The Morgan fingerprint density at radius 1 is 1.03 bits per heavy atom. The van der Waals surface area contributed by atoms with Crippen LogP contribution in [0.15, 0.2) is 59.0 Å². The van der Waals surface area contributed by atoms with Gasteiger partial charge in [0.2, 0.25) is 11.6 Å². The van der Waals surface area contributed by atoms with Crippen molar-refractivity contribution in [2.45, 2.75) is 13.0 Å². The number of rotatable bonds is 9. The summed E-state index contributed by atoms with van der Waals surface area (Å²) in [5.74, 6) is 2.88. The Balaban J connectivity index is 0.00000341. The fraction of sp³-hybridized carbons (Fsp3) is 0.273. The maximum absolute atomic E-state index is 5.90. The quantitative estimate of drug-likeness (QED) is 0.231. The third-order valence-electron chi connectivity index (χ3n) is 4.31. The number of nitrogens with one attached hydrogen (secondary N) is 2. The molecule has 0 spiro atoms. The van der Waals surface area contributed by atoms with Crippen LogP contribution in [0.4, 0.5) is 0 Å². The number of hydrogen-bond donors (Lipinski definition) is 2. The van der Waals surface area contributed by atoms with Crippen molar-refractivity contribution in [1.29, 1.82) is 0 Å². The molecule has 31 heavy (non-hydrogen) atoms. The molecule has 0 radical (unpaired) electrons. The fourth-order valence-corrected chi connectivity index (χ4v) is 3.47. The van der Waals surface area contributed by atoms with Gasteiger partial charge in [-0.25, -0.2) is 4.98 Å². The van der Waals surface area contributed by atoms with Crippen LogP contribution < -0.4 is 24.8 Å². The highest BCUT2D eigenvalue weighted by Crippen LogP contribution is 2.39. The van der Waals surface area contributed by atoms with E-state index in [0.717, 1.165) is 24.5 Å². The van der Waals surface area contributed by atoms with E-state index in [-0.39, 0.29) is 24.0 Å². The van der Waals surface area contributed by atoms with Crippen molar-refractivity contribution >= 4 is 41.3 Å². The predicted octanol–water partition coefficient (Wildman–Crippen LogP) is 4.48. The molecule has 9 heteroatoms. The number of thiophene rings is 1. The Bertz CT molecular complexity index is 928. The molecule has 0 amide bonds. The number of ether oxygens (including phenoxy) is 3. The van der Waals surface area contributed by atoms with Gasteiger partial charge in [0.05, 0.1) is 14.2 Å². The van der Waals surface area contributed by atoms with Gasteiger partial charge in [-0.05, 0) is 35.6 Å². The van der Waals surface area contributed by atoms with Crippen LogP contribution in [0.1, 0.15) is 10.4 Å². The van der Waals surface area contributed by atoms with Gasteiger partial charge in [-0.2, -0.15) is 0 Å². The van der Waals surface area contributed by atoms with Crippen molar-refractivity contribution in [1.82, 2.24) is 15.6 Å². The van der Waals surface area contributed by atoms with Gasteiger partial charge < -0.3 is 24.8 Å². The number of guanidine groups is 1. The Labute approximate surface area is 203 Å². The Hall–Kier alpha value is -2.53. The lowest BCUT2D eigenvalue weighted by atomic mass is 10.3. The van der Waals surface area contributed by atoms with Gasteiger partial charge in [-0.15, -0.1) is 35.3 Å². The highest BCUT2D eigenvalue weighted by Gasteiger charge is 2.13. The standard InChI is InChI=1S/C22H26N4O3S.HI/c1-23-22(24-12-11-17-6-5-13-30-17)26-15-16-9-10-20(25-14-16)29-21-18(27-2)7-4-8-19(21)28-3;/h4-10,13-14H,11-12,15H2,1-3H3,(H2,23,24,26);1H. The van der Waals surface area contributed by atoms with Crippen LogP contribution in [0, 0.1) is 0 Å². The summed E-state index contributed by atoms with van der Waals surface area (Å²) in [4.78, 5) is 10.0. The van der Waals surface area contributed by atoms with E-state index < -0.39 is 0 Å². The highest BCUT2D eigenvalue weighted by atomic mass is 127. The summed E-state index contributed by atoms with van der Waals surface area (Å²) in [6.45, 7) is 1.43. The fourth-order valence-electron chi connectivity index (χ4n) is 2.76. The number of aromatic nitrogens is 1. The molecule has 0 unspecified atom stereocenters. The summed E-state index contributed by atoms with van der Waals surface area (Å²) in [6, 6.07) is 13.4. The Morgan fingerprint density at radius 3 is 2.39 bits per heavy atom. The van der Waals surface area contributed by atoms with Crippen molar-refractivity contribution in [3.63, 3.8) is 0 Å². The normalized spacial score (nSPS) is 10.7. The zero-order valence-electron chi connectivity index (χ0n) is 17.8. The van der Waals surface area contributed by atoms with E-state index in [1.807, 2.05) is 30.3 Å². The molecule has 0 aliphatic heterocycles. The van der Waals surface area contributed by atoms with Gasteiger partial charge in [-0.3, -0.25) is 4.99 Å². The first-order chi connectivity index (χ1) is 14.7. The molecule has 0 fully saturated rings. The topological polar surface area (TPSA) is 77.0 Å². The average Bonchev–Trinajstić information content (AvgIpc) is 3.30. The molecular formula is C22H27IN4O3S. The van der Waals surface area contributed by atoms with Crippen molar-refractivity contribution in [2.75, 3.05) is 27.8 Å². The molecular weight excluding hydrogens is 527 g/mol. The SMILES string of the molecule is CN=C(NCCc1cccs1)NCc1ccc(Oc2c(OC)cccc2OC)nc1.I. The summed E-state index contributed by atoms with van der Waals surface area (Å²) in [7, 11) is 4.94. The van der Waals surface area contributed by atoms with E-state index in [0.29, 0.717) is 29.7 Å². The van der Waals surface area contributed by atoms with Crippen LogP contribution in [0.2, 0.25) is 0 Å². The van der Waals surface area contributed by atoms with Crippen LogP contribution in [-0.2, 0) is 13.0 Å². The van der Waals surface area contributed by atoms with Crippen LogP contribution >= 0.6 is 35.3 Å². The largest absolute Gasteiger partial charge is 0.493 e. The minimum absolute atomic E-state index is 0. The zero-order chi connectivity index (χ0) is 21.2. The van der Waals surface area contributed by atoms with Crippen molar-refractivity contribution in [2.24, 2.45) is 4.99 Å². The van der Waals surface area contributed by atoms with E-state index >= 15 is 0 Å². The van der Waals surface area contributed by atoms with Gasteiger partial charge in [0.25, 0.3) is 0 Å². The minimum atomic E-state index is 0. The first-order valence-corrected chi connectivity index (χ1v) is 10.4. The lowest BCUT2D eigenvalue weighted by Gasteiger charge is -2.14. The number of nitrogens with zero attached hydrogens (tertiary/aromatic N) is 2. The second-order valence-electron chi connectivity index (χ2n) is 6.28. The summed E-state index contributed by atoms with van der Waals surface area (Å²) < 4.78 is 16.6. The molecule has 0 saturated heterocycles. The molecule has 0 atom stereocenters. The molecule has 1 aromatic carbocycles. The molecule has 2 aromatic heterocycles. The predicted molar refractivity (Wildman–Crippen MR) is 135 cm³/mol. The monoisotopic (exact) mass is 554 g/mol. The molecule has 3 aromatic rings. The van der Waals surface area contributed by atoms with E-state index in [1.165, 1.54) is 4.88 Å². The first-order valence-electron chi connectivity index (χ1n) is 9.54. The summed E-state index contributed by atoms with van der Waals surface area (Å²) in [6.07, 6.45) is 2.74. The van der Waals surface area contributed by atoms with Crippen LogP contribution in [-0.4, -0.2) is 38.8 Å². The van der Waals surface area contributed by atoms with Crippen molar-refractivity contribution in [3.8, 4) is 23.1 Å². The highest BCUT2D eigenvalue weighted by molar-refractivity contribution is 14.0. The maximum atomic E-state index is 5.90. The Morgan fingerprint density at radius 2 is 1.81 bits per heavy atom. The smallest absolute Gasteiger partial charge is 0.219 e. The molecule has 7 nitrogen and oxygen atoms in total. The number of benzene rings is 1. The molecule has 0 aliphatic carbocycles. The second kappa shape index (κ2) is 13.0. The van der Waals surface area contributed by atoms with Gasteiger partial charge in [-0.1, -0.05) is 18.2 Å². The molecule has 166 valence electrons. The van der Waals surface area contributed by atoms with Crippen LogP contribution in [0.3, 0.4) is 0 Å². The molecule has 2 heterocycles. The van der Waals surface area contributed by atoms with Crippen LogP contribution in [0.5, 0.6) is 23.1 Å². The first kappa shape index (κ1) is 24.7. The maximum Gasteiger partial charge on any atom is 0.219 e. The number of methoxy groups -OCH3 is 2. The van der Waals surface area contributed by atoms with Gasteiger partial charge in [0.1, 0.15) is 0 Å². The summed E-state index contributed by atoms with van der Waals surface area (Å²) >= 11 is 1.76. The van der Waals surface area contributed by atoms with Crippen molar-refractivity contribution in [3.05, 3.63) is 64.5 Å². The molecule has 3 rings (SSSR count). The van der Waals surface area contributed by atoms with E-state index in [4.69, 9.17) is 14.2 Å². The van der Waals surface area contributed by atoms with Gasteiger partial charge in [0, 0.05) is 37.3 Å². The minimum Gasteiger partial charge on any atom is -0.493 e. The number of halogens is 1. The van der Waals surface area contributed by atoms with Crippen LogP contribution in [0.25, 0.3) is 0 Å². The third-order valence-corrected chi connectivity index (χ3v) is 5.25. The van der Waals surface area contributed by atoms with E-state index in [1.54, 1.807) is 38.8 Å². The molecule has 0 bridgehead atoms. The average molecular weight is 554 g/mol. The van der Waals surface area contributed by atoms with E-state index in [9.17, 15) is 0 Å². The lowest BCUT2D eigenvalue weighted by Crippen LogP contribution is -2.37. The van der Waals surface area contributed by atoms with Gasteiger partial charge in [0.15, 0.2) is 17.5 Å². The second-order valence-corrected chi connectivity index (χ2v) is 7.31. The zero-order valence-corrected chi connectivity index (χ0v) is 20.9. The number of para-hydroxylation sites is 1. The summed E-state index contributed by atoms with van der Waals surface area (Å²) in [5.41, 5.74) is 1.01. The third kappa shape index (κ3) is 7.28. The van der Waals surface area contributed by atoms with E-state index in [2.05, 4.69) is 38.1 Å². The number of hydrogen-bond acceptors (Lipinski definition) is 6. The molecule has 0 aliphatic rings. The van der Waals surface area contributed by atoms with Gasteiger partial charge >= 0.3 is 0 Å². The summed E-state index contributed by atoms with van der Waals surface area (Å²) in [5, 5.41) is 8.70. The Kier molecular flexibility index (Phi) is 10.4. The molecule has 0 saturated carbocycles.